The Balaban J connectivity index is 2.54. The predicted molar refractivity (Wildman–Crippen MR) is 67.3 cm³/mol. The van der Waals surface area contributed by atoms with Gasteiger partial charge in [-0.2, -0.15) is 10.4 Å². The summed E-state index contributed by atoms with van der Waals surface area (Å²) in [6.07, 6.45) is 6.84. The van der Waals surface area contributed by atoms with Crippen molar-refractivity contribution in [1.82, 2.24) is 9.78 Å². The summed E-state index contributed by atoms with van der Waals surface area (Å²) in [5.41, 5.74) is 0.317. The van der Waals surface area contributed by atoms with Crippen LogP contribution in [0.3, 0.4) is 0 Å². The highest BCUT2D eigenvalue weighted by Crippen LogP contribution is 2.08. The lowest BCUT2D eigenvalue weighted by atomic mass is 10.2. The number of hydrogen-bond acceptors (Lipinski definition) is 4. The lowest BCUT2D eigenvalue weighted by molar-refractivity contribution is -0.148. The van der Waals surface area contributed by atoms with Crippen LogP contribution in [0.2, 0.25) is 0 Å². The number of carbonyl (C=O) groups is 1. The SMILES string of the molecule is CC(C)(C)OC(=O)/C=C/c1cnn(CCC#N)c1. The third-order valence-corrected chi connectivity index (χ3v) is 1.92. The van der Waals surface area contributed by atoms with E-state index in [9.17, 15) is 4.79 Å². The minimum absolute atomic E-state index is 0.382. The predicted octanol–water partition coefficient (Wildman–Crippen LogP) is 2.15. The van der Waals surface area contributed by atoms with Gasteiger partial charge in [0.1, 0.15) is 5.60 Å². The number of rotatable bonds is 4. The van der Waals surface area contributed by atoms with Crippen molar-refractivity contribution in [2.75, 3.05) is 0 Å². The van der Waals surface area contributed by atoms with Crippen LogP contribution in [0.5, 0.6) is 0 Å². The summed E-state index contributed by atoms with van der Waals surface area (Å²) < 4.78 is 6.80. The topological polar surface area (TPSA) is 67.9 Å². The summed E-state index contributed by atoms with van der Waals surface area (Å²) in [6, 6.07) is 2.05. The average Bonchev–Trinajstić information content (AvgIpc) is 2.69. The molecule has 0 fully saturated rings. The summed E-state index contributed by atoms with van der Waals surface area (Å²) in [5, 5.41) is 12.5. The monoisotopic (exact) mass is 247 g/mol. The van der Waals surface area contributed by atoms with Crippen LogP contribution in [0.15, 0.2) is 18.5 Å². The molecule has 0 radical (unpaired) electrons. The minimum Gasteiger partial charge on any atom is -0.457 e. The van der Waals surface area contributed by atoms with Gasteiger partial charge in [0.05, 0.1) is 25.2 Å². The van der Waals surface area contributed by atoms with Crippen molar-refractivity contribution >= 4 is 12.0 Å². The van der Waals surface area contributed by atoms with Gasteiger partial charge >= 0.3 is 5.97 Å². The first kappa shape index (κ1) is 14.0. The molecule has 0 unspecified atom stereocenters. The van der Waals surface area contributed by atoms with Crippen molar-refractivity contribution in [3.63, 3.8) is 0 Å². The van der Waals surface area contributed by atoms with Crippen molar-refractivity contribution in [1.29, 1.82) is 5.26 Å². The number of aromatic nitrogens is 2. The van der Waals surface area contributed by atoms with E-state index in [0.29, 0.717) is 13.0 Å². The molecule has 0 spiro atoms. The zero-order valence-electron chi connectivity index (χ0n) is 10.9. The van der Waals surface area contributed by atoms with Gasteiger partial charge in [0, 0.05) is 17.8 Å². The molecule has 0 aliphatic heterocycles. The molecule has 0 aliphatic carbocycles. The molecule has 0 saturated carbocycles. The second-order valence-corrected chi connectivity index (χ2v) is 4.81. The van der Waals surface area contributed by atoms with Gasteiger partial charge in [0.15, 0.2) is 0 Å². The van der Waals surface area contributed by atoms with E-state index >= 15 is 0 Å². The van der Waals surface area contributed by atoms with E-state index < -0.39 is 5.60 Å². The summed E-state index contributed by atoms with van der Waals surface area (Å²) >= 11 is 0. The Morgan fingerprint density at radius 2 is 2.33 bits per heavy atom. The van der Waals surface area contributed by atoms with Crippen molar-refractivity contribution in [3.05, 3.63) is 24.0 Å². The maximum atomic E-state index is 11.4. The van der Waals surface area contributed by atoms with Crippen LogP contribution in [0, 0.1) is 11.3 Å². The highest BCUT2D eigenvalue weighted by atomic mass is 16.6. The number of nitriles is 1. The molecule has 1 aromatic heterocycles. The van der Waals surface area contributed by atoms with Crippen LogP contribution in [-0.4, -0.2) is 21.4 Å². The van der Waals surface area contributed by atoms with Crippen LogP contribution in [0.4, 0.5) is 0 Å². The van der Waals surface area contributed by atoms with Crippen molar-refractivity contribution in [2.45, 2.75) is 39.3 Å². The van der Waals surface area contributed by atoms with Crippen LogP contribution < -0.4 is 0 Å². The Morgan fingerprint density at radius 1 is 1.61 bits per heavy atom. The Labute approximate surface area is 107 Å². The fourth-order valence-corrected chi connectivity index (χ4v) is 1.25. The Kier molecular flexibility index (Phi) is 4.67. The fraction of sp³-hybridized carbons (Fsp3) is 0.462. The molecule has 96 valence electrons. The molecular formula is C13H17N3O2. The number of esters is 1. The highest BCUT2D eigenvalue weighted by Gasteiger charge is 2.13. The quantitative estimate of drug-likeness (QED) is 0.604. The number of aryl methyl sites for hydroxylation is 1. The standard InChI is InChI=1S/C13H17N3O2/c1-13(2,3)18-12(17)6-5-11-9-15-16(10-11)8-4-7-14/h5-6,9-10H,4,8H2,1-3H3/b6-5+. The van der Waals surface area contributed by atoms with Crippen molar-refractivity contribution in [3.8, 4) is 6.07 Å². The molecule has 0 bridgehead atoms. The van der Waals surface area contributed by atoms with Crippen LogP contribution in [0.1, 0.15) is 32.8 Å². The lowest BCUT2D eigenvalue weighted by Crippen LogP contribution is -2.22. The van der Waals surface area contributed by atoms with Crippen LogP contribution >= 0.6 is 0 Å². The first-order chi connectivity index (χ1) is 8.40. The number of carbonyl (C=O) groups excluding carboxylic acids is 1. The third kappa shape index (κ3) is 5.30. The molecule has 5 heteroatoms. The summed E-state index contributed by atoms with van der Waals surface area (Å²) in [7, 11) is 0. The van der Waals surface area contributed by atoms with E-state index in [-0.39, 0.29) is 5.97 Å². The maximum absolute atomic E-state index is 11.4. The van der Waals surface area contributed by atoms with E-state index in [2.05, 4.69) is 5.10 Å². The highest BCUT2D eigenvalue weighted by molar-refractivity contribution is 5.87. The fourth-order valence-electron chi connectivity index (χ4n) is 1.25. The first-order valence-electron chi connectivity index (χ1n) is 5.71. The molecule has 0 aliphatic rings. The van der Waals surface area contributed by atoms with Gasteiger partial charge in [0.25, 0.3) is 0 Å². The number of ether oxygens (including phenoxy) is 1. The average molecular weight is 247 g/mol. The van der Waals surface area contributed by atoms with Crippen molar-refractivity contribution in [2.24, 2.45) is 0 Å². The number of nitrogens with zero attached hydrogens (tertiary/aromatic N) is 3. The summed E-state index contributed by atoms with van der Waals surface area (Å²) in [5.74, 6) is -0.382. The summed E-state index contributed by atoms with van der Waals surface area (Å²) in [6.45, 7) is 6.01. The molecule has 18 heavy (non-hydrogen) atoms. The molecule has 0 amide bonds. The second kappa shape index (κ2) is 6.01. The third-order valence-electron chi connectivity index (χ3n) is 1.92. The Bertz CT molecular complexity index is 475. The van der Waals surface area contributed by atoms with E-state index in [1.54, 1.807) is 23.2 Å². The molecule has 1 heterocycles. The molecular weight excluding hydrogens is 230 g/mol. The van der Waals surface area contributed by atoms with Gasteiger partial charge in [-0.05, 0) is 26.8 Å². The minimum atomic E-state index is -0.488. The van der Waals surface area contributed by atoms with Gasteiger partial charge < -0.3 is 4.74 Å². The van der Waals surface area contributed by atoms with Gasteiger partial charge in [0.2, 0.25) is 0 Å². The van der Waals surface area contributed by atoms with Gasteiger partial charge in [-0.3, -0.25) is 4.68 Å². The van der Waals surface area contributed by atoms with Crippen LogP contribution in [0.25, 0.3) is 6.08 Å². The summed E-state index contributed by atoms with van der Waals surface area (Å²) in [4.78, 5) is 11.4. The molecule has 5 nitrogen and oxygen atoms in total. The molecule has 0 aromatic carbocycles. The maximum Gasteiger partial charge on any atom is 0.331 e. The zero-order chi connectivity index (χ0) is 13.6. The molecule has 0 saturated heterocycles. The van der Waals surface area contributed by atoms with E-state index in [4.69, 9.17) is 10.00 Å². The smallest absolute Gasteiger partial charge is 0.331 e. The van der Waals surface area contributed by atoms with Crippen LogP contribution in [-0.2, 0) is 16.1 Å². The van der Waals surface area contributed by atoms with Gasteiger partial charge in [-0.1, -0.05) is 0 Å². The molecule has 1 aromatic rings. The van der Waals surface area contributed by atoms with E-state index in [1.165, 1.54) is 6.08 Å². The lowest BCUT2D eigenvalue weighted by Gasteiger charge is -2.17. The zero-order valence-corrected chi connectivity index (χ0v) is 10.9. The Hall–Kier alpha value is -2.09. The van der Waals surface area contributed by atoms with E-state index in [1.807, 2.05) is 26.8 Å². The van der Waals surface area contributed by atoms with Gasteiger partial charge in [-0.15, -0.1) is 0 Å². The molecule has 1 rings (SSSR count). The largest absolute Gasteiger partial charge is 0.457 e. The first-order valence-corrected chi connectivity index (χ1v) is 5.71. The Morgan fingerprint density at radius 3 is 2.94 bits per heavy atom. The second-order valence-electron chi connectivity index (χ2n) is 4.81. The van der Waals surface area contributed by atoms with E-state index in [0.717, 1.165) is 5.56 Å². The normalized spacial score (nSPS) is 11.4. The number of hydrogen-bond donors (Lipinski definition) is 0. The molecule has 0 atom stereocenters. The van der Waals surface area contributed by atoms with Crippen molar-refractivity contribution < 1.29 is 9.53 Å². The van der Waals surface area contributed by atoms with Gasteiger partial charge in [-0.25, -0.2) is 4.79 Å². The molecule has 0 N–H and O–H groups in total.